The van der Waals surface area contributed by atoms with E-state index >= 15 is 0 Å². The maximum absolute atomic E-state index is 12.2. The molecule has 2 amide bonds. The highest BCUT2D eigenvalue weighted by atomic mass is 16.5. The number of aryl methyl sites for hydroxylation is 1. The number of rotatable bonds is 7. The van der Waals surface area contributed by atoms with Crippen molar-refractivity contribution in [2.45, 2.75) is 32.9 Å². The van der Waals surface area contributed by atoms with Crippen LogP contribution in [0.25, 0.3) is 0 Å². The second-order valence-electron chi connectivity index (χ2n) is 5.21. The summed E-state index contributed by atoms with van der Waals surface area (Å²) in [6.45, 7) is 5.14. The molecule has 2 N–H and O–H groups in total. The Bertz CT molecular complexity index is 641. The SMILES string of the molecule is CCc1ccccc1NC(=O)N[C@@H](C)c1nncn1CCOC. The highest BCUT2D eigenvalue weighted by molar-refractivity contribution is 5.90. The van der Waals surface area contributed by atoms with Gasteiger partial charge in [0.25, 0.3) is 0 Å². The molecule has 0 fully saturated rings. The van der Waals surface area contributed by atoms with Gasteiger partial charge in [0, 0.05) is 19.3 Å². The Balaban J connectivity index is 1.98. The predicted octanol–water partition coefficient (Wildman–Crippen LogP) is 2.37. The number of ether oxygens (including phenoxy) is 1. The first-order valence-electron chi connectivity index (χ1n) is 7.67. The summed E-state index contributed by atoms with van der Waals surface area (Å²) < 4.78 is 6.93. The highest BCUT2D eigenvalue weighted by Crippen LogP contribution is 2.16. The van der Waals surface area contributed by atoms with Crippen LogP contribution in [0.2, 0.25) is 0 Å². The fourth-order valence-electron chi connectivity index (χ4n) is 2.33. The molecule has 124 valence electrons. The normalized spacial score (nSPS) is 12.0. The maximum Gasteiger partial charge on any atom is 0.319 e. The third-order valence-electron chi connectivity index (χ3n) is 3.56. The zero-order valence-electron chi connectivity index (χ0n) is 13.7. The number of carbonyl (C=O) groups excluding carboxylic acids is 1. The molecule has 0 aliphatic carbocycles. The van der Waals surface area contributed by atoms with Gasteiger partial charge in [-0.1, -0.05) is 25.1 Å². The molecule has 7 nitrogen and oxygen atoms in total. The average Bonchev–Trinajstić information content (AvgIpc) is 3.01. The van der Waals surface area contributed by atoms with Crippen LogP contribution in [-0.2, 0) is 17.7 Å². The van der Waals surface area contributed by atoms with Gasteiger partial charge in [0.1, 0.15) is 6.33 Å². The number of nitrogens with zero attached hydrogens (tertiary/aromatic N) is 3. The molecule has 2 rings (SSSR count). The fraction of sp³-hybridized carbons (Fsp3) is 0.438. The summed E-state index contributed by atoms with van der Waals surface area (Å²) in [6.07, 6.45) is 2.49. The minimum absolute atomic E-state index is 0.261. The van der Waals surface area contributed by atoms with Crippen LogP contribution < -0.4 is 10.6 Å². The van der Waals surface area contributed by atoms with Crippen molar-refractivity contribution < 1.29 is 9.53 Å². The van der Waals surface area contributed by atoms with Crippen LogP contribution in [-0.4, -0.2) is 34.5 Å². The number of amides is 2. The molecule has 0 aliphatic rings. The quantitative estimate of drug-likeness (QED) is 0.821. The predicted molar refractivity (Wildman–Crippen MR) is 88.3 cm³/mol. The summed E-state index contributed by atoms with van der Waals surface area (Å²) in [5.74, 6) is 0.695. The lowest BCUT2D eigenvalue weighted by Crippen LogP contribution is -2.33. The monoisotopic (exact) mass is 317 g/mol. The maximum atomic E-state index is 12.2. The first-order valence-corrected chi connectivity index (χ1v) is 7.67. The van der Waals surface area contributed by atoms with E-state index in [1.165, 1.54) is 0 Å². The first kappa shape index (κ1) is 17.0. The molecule has 0 saturated carbocycles. The van der Waals surface area contributed by atoms with Gasteiger partial charge in [0.05, 0.1) is 12.6 Å². The molecule has 1 atom stereocenters. The fourth-order valence-corrected chi connectivity index (χ4v) is 2.33. The van der Waals surface area contributed by atoms with Crippen LogP contribution in [0.15, 0.2) is 30.6 Å². The second-order valence-corrected chi connectivity index (χ2v) is 5.21. The number of nitrogens with one attached hydrogen (secondary N) is 2. The molecule has 0 radical (unpaired) electrons. The van der Waals surface area contributed by atoms with Gasteiger partial charge in [-0.05, 0) is 25.0 Å². The topological polar surface area (TPSA) is 81.1 Å². The molecule has 2 aromatic rings. The molecule has 7 heteroatoms. The number of carbonyl (C=O) groups is 1. The van der Waals surface area contributed by atoms with Crippen LogP contribution >= 0.6 is 0 Å². The van der Waals surface area contributed by atoms with Gasteiger partial charge in [0.15, 0.2) is 5.82 Å². The Kier molecular flexibility index (Phi) is 6.10. The minimum atomic E-state index is -0.264. The number of para-hydroxylation sites is 1. The number of aromatic nitrogens is 3. The van der Waals surface area contributed by atoms with Gasteiger partial charge >= 0.3 is 6.03 Å². The van der Waals surface area contributed by atoms with E-state index < -0.39 is 0 Å². The largest absolute Gasteiger partial charge is 0.383 e. The van der Waals surface area contributed by atoms with Gasteiger partial charge in [-0.15, -0.1) is 10.2 Å². The molecular weight excluding hydrogens is 294 g/mol. The van der Waals surface area contributed by atoms with Gasteiger partial charge in [-0.3, -0.25) is 0 Å². The van der Waals surface area contributed by atoms with Crippen LogP contribution in [0.1, 0.15) is 31.3 Å². The van der Waals surface area contributed by atoms with E-state index in [4.69, 9.17) is 4.74 Å². The first-order chi connectivity index (χ1) is 11.2. The van der Waals surface area contributed by atoms with Crippen molar-refractivity contribution >= 4 is 11.7 Å². The van der Waals surface area contributed by atoms with Crippen LogP contribution in [0, 0.1) is 0 Å². The zero-order valence-corrected chi connectivity index (χ0v) is 13.7. The zero-order chi connectivity index (χ0) is 16.7. The summed E-state index contributed by atoms with van der Waals surface area (Å²) in [4.78, 5) is 12.2. The molecule has 0 unspecified atom stereocenters. The van der Waals surface area contributed by atoms with Crippen molar-refractivity contribution in [2.24, 2.45) is 0 Å². The Morgan fingerprint density at radius 2 is 2.17 bits per heavy atom. The van der Waals surface area contributed by atoms with E-state index in [9.17, 15) is 4.79 Å². The number of hydrogen-bond donors (Lipinski definition) is 2. The number of hydrogen-bond acceptors (Lipinski definition) is 4. The van der Waals surface area contributed by atoms with E-state index in [2.05, 4.69) is 27.8 Å². The molecule has 23 heavy (non-hydrogen) atoms. The van der Waals surface area contributed by atoms with E-state index in [1.807, 2.05) is 35.8 Å². The van der Waals surface area contributed by atoms with Crippen molar-refractivity contribution in [1.29, 1.82) is 0 Å². The summed E-state index contributed by atoms with van der Waals surface area (Å²) in [5.41, 5.74) is 1.92. The van der Waals surface area contributed by atoms with Gasteiger partial charge in [-0.2, -0.15) is 0 Å². The lowest BCUT2D eigenvalue weighted by Gasteiger charge is -2.16. The highest BCUT2D eigenvalue weighted by Gasteiger charge is 2.16. The van der Waals surface area contributed by atoms with E-state index in [0.29, 0.717) is 19.0 Å². The van der Waals surface area contributed by atoms with Crippen molar-refractivity contribution in [3.8, 4) is 0 Å². The average molecular weight is 317 g/mol. The van der Waals surface area contributed by atoms with E-state index in [-0.39, 0.29) is 12.1 Å². The molecular formula is C16H23N5O2. The molecule has 1 heterocycles. The number of methoxy groups -OCH3 is 1. The van der Waals surface area contributed by atoms with Crippen LogP contribution in [0.3, 0.4) is 0 Å². The van der Waals surface area contributed by atoms with E-state index in [0.717, 1.165) is 17.7 Å². The molecule has 0 saturated heterocycles. The Morgan fingerprint density at radius 1 is 1.39 bits per heavy atom. The van der Waals surface area contributed by atoms with Crippen molar-refractivity contribution in [3.63, 3.8) is 0 Å². The summed E-state index contributed by atoms with van der Waals surface area (Å²) in [6, 6.07) is 7.23. The number of anilines is 1. The van der Waals surface area contributed by atoms with Crippen molar-refractivity contribution in [1.82, 2.24) is 20.1 Å². The van der Waals surface area contributed by atoms with E-state index in [1.54, 1.807) is 13.4 Å². The van der Waals surface area contributed by atoms with Crippen molar-refractivity contribution in [3.05, 3.63) is 42.0 Å². The van der Waals surface area contributed by atoms with Crippen molar-refractivity contribution in [2.75, 3.05) is 19.0 Å². The third-order valence-corrected chi connectivity index (χ3v) is 3.56. The van der Waals surface area contributed by atoms with Gasteiger partial charge < -0.3 is 19.9 Å². The lowest BCUT2D eigenvalue weighted by atomic mass is 10.1. The Morgan fingerprint density at radius 3 is 2.91 bits per heavy atom. The molecule has 0 bridgehead atoms. The summed E-state index contributed by atoms with van der Waals surface area (Å²) >= 11 is 0. The van der Waals surface area contributed by atoms with Gasteiger partial charge in [0.2, 0.25) is 0 Å². The van der Waals surface area contributed by atoms with Gasteiger partial charge in [-0.25, -0.2) is 4.79 Å². The standard InChI is InChI=1S/C16H23N5O2/c1-4-13-7-5-6-8-14(13)19-16(22)18-12(2)15-20-17-11-21(15)9-10-23-3/h5-8,11-12H,4,9-10H2,1-3H3,(H2,18,19,22)/t12-/m0/s1. The van der Waals surface area contributed by atoms with Crippen LogP contribution in [0.5, 0.6) is 0 Å². The molecule has 0 aliphatic heterocycles. The second kappa shape index (κ2) is 8.28. The summed E-state index contributed by atoms with van der Waals surface area (Å²) in [5, 5.41) is 13.7. The summed E-state index contributed by atoms with van der Waals surface area (Å²) in [7, 11) is 1.64. The van der Waals surface area contributed by atoms with Crippen LogP contribution in [0.4, 0.5) is 10.5 Å². The molecule has 0 spiro atoms. The third kappa shape index (κ3) is 4.53. The number of urea groups is 1. The number of benzene rings is 1. The lowest BCUT2D eigenvalue weighted by molar-refractivity contribution is 0.185. The smallest absolute Gasteiger partial charge is 0.319 e. The minimum Gasteiger partial charge on any atom is -0.383 e. The molecule has 1 aromatic heterocycles. The Hall–Kier alpha value is -2.41. The molecule has 1 aromatic carbocycles. The Labute approximate surface area is 136 Å².